The first kappa shape index (κ1) is 83.2. The zero-order valence-electron chi connectivity index (χ0n) is 56.6. The van der Waals surface area contributed by atoms with Crippen molar-refractivity contribution in [2.24, 2.45) is 5.73 Å². The van der Waals surface area contributed by atoms with Gasteiger partial charge in [0.25, 0.3) is 0 Å². The monoisotopic (exact) mass is 1220 g/mol. The van der Waals surface area contributed by atoms with Gasteiger partial charge in [-0.15, -0.1) is 0 Å². The van der Waals surface area contributed by atoms with E-state index in [1.165, 1.54) is 327 Å². The lowest BCUT2D eigenvalue weighted by atomic mass is 10.0. The van der Waals surface area contributed by atoms with E-state index in [0.29, 0.717) is 6.42 Å². The lowest BCUT2D eigenvalue weighted by molar-refractivity contribution is -0.161. The molecule has 3 N–H and O–H groups in total. The number of carbonyl (C=O) groups is 2. The van der Waals surface area contributed by atoms with E-state index in [9.17, 15) is 19.0 Å². The molecule has 10 heteroatoms. The fraction of sp³-hybridized carbons (Fsp3) is 0.893. The summed E-state index contributed by atoms with van der Waals surface area (Å²) >= 11 is 0. The van der Waals surface area contributed by atoms with Gasteiger partial charge in [0.2, 0.25) is 0 Å². The first-order valence-corrected chi connectivity index (χ1v) is 39.0. The van der Waals surface area contributed by atoms with Crippen molar-refractivity contribution in [2.75, 3.05) is 26.4 Å². The lowest BCUT2D eigenvalue weighted by Crippen LogP contribution is -2.29. The van der Waals surface area contributed by atoms with Gasteiger partial charge in [-0.25, -0.2) is 4.57 Å². The van der Waals surface area contributed by atoms with Gasteiger partial charge in [0.15, 0.2) is 6.10 Å². The number of allylic oxidation sites excluding steroid dienone is 6. The van der Waals surface area contributed by atoms with Crippen LogP contribution < -0.4 is 5.73 Å². The maximum absolute atomic E-state index is 12.8. The molecule has 502 valence electrons. The molecule has 0 radical (unpaired) electrons. The summed E-state index contributed by atoms with van der Waals surface area (Å²) in [6.07, 6.45) is 89.8. The number of unbranched alkanes of at least 4 members (excludes halogenated alkanes) is 53. The van der Waals surface area contributed by atoms with E-state index >= 15 is 0 Å². The summed E-state index contributed by atoms with van der Waals surface area (Å²) in [5.74, 6) is -0.804. The van der Waals surface area contributed by atoms with Crippen molar-refractivity contribution in [3.63, 3.8) is 0 Å². The standard InChI is InChI=1S/C75H144NO8P/c1-3-5-7-9-11-13-15-17-19-21-23-25-27-29-31-33-34-35-36-37-38-40-41-43-45-47-49-51-53-55-57-59-61-63-65-67-74(77)81-71-73(72-83-85(79,80)82-70-69-76)84-75(78)68-66-64-62-60-58-56-54-52-50-48-46-44-42-39-32-30-28-26-24-22-20-18-16-14-12-10-8-6-4-2/h16,18,21-24,73H,3-15,17,19-20,25-72,76H2,1-2H3,(H,79,80)/b18-16-,23-21-,24-22-. The van der Waals surface area contributed by atoms with Crippen LogP contribution in [0.1, 0.15) is 399 Å². The molecule has 0 bridgehead atoms. The Labute approximate surface area is 528 Å². The van der Waals surface area contributed by atoms with Crippen molar-refractivity contribution >= 4 is 19.8 Å². The van der Waals surface area contributed by atoms with E-state index < -0.39 is 26.5 Å². The van der Waals surface area contributed by atoms with Crippen LogP contribution in [0.5, 0.6) is 0 Å². The van der Waals surface area contributed by atoms with Crippen molar-refractivity contribution in [2.45, 2.75) is 405 Å². The van der Waals surface area contributed by atoms with Crippen LogP contribution in [0, 0.1) is 0 Å². The number of phosphoric ester groups is 1. The van der Waals surface area contributed by atoms with Crippen LogP contribution in [0.2, 0.25) is 0 Å². The molecule has 0 heterocycles. The smallest absolute Gasteiger partial charge is 0.462 e. The molecular formula is C75H144NO8P. The topological polar surface area (TPSA) is 134 Å². The summed E-state index contributed by atoms with van der Waals surface area (Å²) in [4.78, 5) is 35.4. The number of ether oxygens (including phenoxy) is 2. The highest BCUT2D eigenvalue weighted by atomic mass is 31.2. The van der Waals surface area contributed by atoms with Gasteiger partial charge in [-0.1, -0.05) is 352 Å². The number of esters is 2. The maximum atomic E-state index is 12.8. The van der Waals surface area contributed by atoms with Gasteiger partial charge in [-0.2, -0.15) is 0 Å². The Morgan fingerprint density at radius 1 is 0.353 bits per heavy atom. The van der Waals surface area contributed by atoms with E-state index in [1.807, 2.05) is 0 Å². The van der Waals surface area contributed by atoms with E-state index in [-0.39, 0.29) is 38.6 Å². The minimum Gasteiger partial charge on any atom is -0.462 e. The molecule has 85 heavy (non-hydrogen) atoms. The highest BCUT2D eigenvalue weighted by Crippen LogP contribution is 2.43. The molecule has 0 aromatic carbocycles. The van der Waals surface area contributed by atoms with E-state index in [2.05, 4.69) is 50.3 Å². The third kappa shape index (κ3) is 71.2. The number of hydrogen-bond acceptors (Lipinski definition) is 8. The van der Waals surface area contributed by atoms with Crippen molar-refractivity contribution < 1.29 is 37.6 Å². The van der Waals surface area contributed by atoms with E-state index in [4.69, 9.17) is 24.3 Å². The Balaban J connectivity index is 3.78. The summed E-state index contributed by atoms with van der Waals surface area (Å²) in [5, 5.41) is 0. The normalized spacial score (nSPS) is 13.0. The van der Waals surface area contributed by atoms with Crippen molar-refractivity contribution in [3.8, 4) is 0 Å². The minimum atomic E-state index is -4.39. The highest BCUT2D eigenvalue weighted by molar-refractivity contribution is 7.47. The molecule has 2 unspecified atom stereocenters. The Bertz CT molecular complexity index is 1490. The second kappa shape index (κ2) is 71.3. The number of rotatable bonds is 72. The molecule has 0 spiro atoms. The van der Waals surface area contributed by atoms with Crippen molar-refractivity contribution in [1.82, 2.24) is 0 Å². The quantitative estimate of drug-likeness (QED) is 0.0264. The van der Waals surface area contributed by atoms with Crippen LogP contribution in [-0.4, -0.2) is 49.3 Å². The molecule has 0 aromatic rings. The number of phosphoric acid groups is 1. The molecule has 0 fully saturated rings. The molecule has 0 rings (SSSR count). The van der Waals surface area contributed by atoms with Gasteiger partial charge in [0.05, 0.1) is 13.2 Å². The number of nitrogens with two attached hydrogens (primary N) is 1. The first-order chi connectivity index (χ1) is 41.8. The maximum Gasteiger partial charge on any atom is 0.472 e. The predicted octanol–water partition coefficient (Wildman–Crippen LogP) is 24.6. The van der Waals surface area contributed by atoms with Crippen molar-refractivity contribution in [1.29, 1.82) is 0 Å². The van der Waals surface area contributed by atoms with Gasteiger partial charge < -0.3 is 20.1 Å². The van der Waals surface area contributed by atoms with Crippen LogP contribution >= 0.6 is 7.82 Å². The van der Waals surface area contributed by atoms with Crippen LogP contribution in [-0.2, 0) is 32.7 Å². The second-order valence-corrected chi connectivity index (χ2v) is 27.0. The van der Waals surface area contributed by atoms with E-state index in [1.54, 1.807) is 0 Å². The molecule has 0 amide bonds. The molecule has 9 nitrogen and oxygen atoms in total. The minimum absolute atomic E-state index is 0.0561. The Hall–Kier alpha value is -1.77. The third-order valence-corrected chi connectivity index (χ3v) is 18.0. The highest BCUT2D eigenvalue weighted by Gasteiger charge is 2.26. The van der Waals surface area contributed by atoms with Gasteiger partial charge in [-0.3, -0.25) is 18.6 Å². The molecule has 0 saturated heterocycles. The molecular weight excluding hydrogens is 1070 g/mol. The van der Waals surface area contributed by atoms with Gasteiger partial charge in [0.1, 0.15) is 6.61 Å². The Kier molecular flexibility index (Phi) is 69.8. The summed E-state index contributed by atoms with van der Waals surface area (Å²) in [6.45, 7) is 3.81. The zero-order chi connectivity index (χ0) is 61.6. The van der Waals surface area contributed by atoms with Crippen LogP contribution in [0.4, 0.5) is 0 Å². The fourth-order valence-corrected chi connectivity index (χ4v) is 12.2. The number of carbonyl (C=O) groups excluding carboxylic acids is 2. The molecule has 2 atom stereocenters. The first-order valence-electron chi connectivity index (χ1n) is 37.5. The van der Waals surface area contributed by atoms with Gasteiger partial charge >= 0.3 is 19.8 Å². The second-order valence-electron chi connectivity index (χ2n) is 25.5. The predicted molar refractivity (Wildman–Crippen MR) is 367 cm³/mol. The van der Waals surface area contributed by atoms with Crippen LogP contribution in [0.15, 0.2) is 36.5 Å². The zero-order valence-corrected chi connectivity index (χ0v) is 57.5. The largest absolute Gasteiger partial charge is 0.472 e. The third-order valence-electron chi connectivity index (χ3n) is 17.0. The van der Waals surface area contributed by atoms with Crippen LogP contribution in [0.3, 0.4) is 0 Å². The van der Waals surface area contributed by atoms with Gasteiger partial charge in [0, 0.05) is 19.4 Å². The number of hydrogen-bond donors (Lipinski definition) is 2. The summed E-state index contributed by atoms with van der Waals surface area (Å²) in [6, 6.07) is 0. The SMILES string of the molecule is CCCCCCC/C=C\C/C=C\CCCCCCCCCCCCCCCCCCCC(=O)OC(COC(=O)CCCCCCCCCCCCCCCCCCCCCCCCC/C=C\CCCCCCCCCC)COP(=O)(O)OCCN. The average Bonchev–Trinajstić information content (AvgIpc) is 3.52. The van der Waals surface area contributed by atoms with E-state index in [0.717, 1.165) is 38.5 Å². The molecule has 0 aliphatic heterocycles. The molecule has 0 aromatic heterocycles. The fourth-order valence-electron chi connectivity index (χ4n) is 11.4. The Morgan fingerprint density at radius 2 is 0.612 bits per heavy atom. The molecule has 0 aliphatic carbocycles. The van der Waals surface area contributed by atoms with Crippen LogP contribution in [0.25, 0.3) is 0 Å². The van der Waals surface area contributed by atoms with Crippen molar-refractivity contribution in [3.05, 3.63) is 36.5 Å². The molecule has 0 saturated carbocycles. The lowest BCUT2D eigenvalue weighted by Gasteiger charge is -2.19. The summed E-state index contributed by atoms with van der Waals surface area (Å²) < 4.78 is 33.2. The average molecular weight is 1220 g/mol. The van der Waals surface area contributed by atoms with Gasteiger partial charge in [-0.05, 0) is 70.6 Å². The summed E-state index contributed by atoms with van der Waals surface area (Å²) in [5.41, 5.74) is 5.41. The molecule has 0 aliphatic rings. The Morgan fingerprint density at radius 3 is 0.906 bits per heavy atom. The summed E-state index contributed by atoms with van der Waals surface area (Å²) in [7, 11) is -4.39.